The van der Waals surface area contributed by atoms with Crippen LogP contribution in [0.15, 0.2) is 18.2 Å². The fourth-order valence-electron chi connectivity index (χ4n) is 2.01. The summed E-state index contributed by atoms with van der Waals surface area (Å²) in [6.07, 6.45) is 0.482. The molecule has 0 aromatic heterocycles. The number of carbonyl (C=O) groups excluding carboxylic acids is 2. The summed E-state index contributed by atoms with van der Waals surface area (Å²) in [5, 5.41) is 21.4. The minimum absolute atomic E-state index is 0.0675. The maximum absolute atomic E-state index is 12.3. The second-order valence-corrected chi connectivity index (χ2v) is 5.60. The van der Waals surface area contributed by atoms with Crippen LogP contribution in [0.4, 0.5) is 0 Å². The molecule has 0 bridgehead atoms. The Kier molecular flexibility index (Phi) is 6.84. The van der Waals surface area contributed by atoms with Crippen LogP contribution in [0.1, 0.15) is 19.4 Å². The zero-order valence-corrected chi connectivity index (χ0v) is 13.6. The SMILES string of the molecule is COCC(C)(COC(C)=O)C(=O)NCCc1ccc(O)c(O)c1. The van der Waals surface area contributed by atoms with Gasteiger partial charge in [-0.05, 0) is 31.0 Å². The largest absolute Gasteiger partial charge is 0.504 e. The van der Waals surface area contributed by atoms with E-state index in [1.165, 1.54) is 26.2 Å². The molecule has 0 saturated heterocycles. The number of benzene rings is 1. The molecule has 0 radical (unpaired) electrons. The average Bonchev–Trinajstić information content (AvgIpc) is 2.49. The van der Waals surface area contributed by atoms with Crippen molar-refractivity contribution in [1.29, 1.82) is 0 Å². The van der Waals surface area contributed by atoms with Crippen LogP contribution >= 0.6 is 0 Å². The Morgan fingerprint density at radius 1 is 1.22 bits per heavy atom. The number of methoxy groups -OCH3 is 1. The number of hydrogen-bond donors (Lipinski definition) is 3. The van der Waals surface area contributed by atoms with Crippen molar-refractivity contribution in [3.63, 3.8) is 0 Å². The summed E-state index contributed by atoms with van der Waals surface area (Å²) in [5.41, 5.74) is -0.202. The van der Waals surface area contributed by atoms with E-state index >= 15 is 0 Å². The third-order valence-corrected chi connectivity index (χ3v) is 3.34. The highest BCUT2D eigenvalue weighted by Crippen LogP contribution is 2.25. The molecule has 0 fully saturated rings. The number of amides is 1. The second-order valence-electron chi connectivity index (χ2n) is 5.60. The first-order valence-electron chi connectivity index (χ1n) is 7.20. The molecule has 0 spiro atoms. The summed E-state index contributed by atoms with van der Waals surface area (Å²) >= 11 is 0. The van der Waals surface area contributed by atoms with Crippen molar-refractivity contribution < 1.29 is 29.3 Å². The van der Waals surface area contributed by atoms with Crippen molar-refractivity contribution in [3.8, 4) is 11.5 Å². The van der Waals surface area contributed by atoms with Crippen LogP contribution in [0.25, 0.3) is 0 Å². The lowest BCUT2D eigenvalue weighted by molar-refractivity contribution is -0.150. The molecule has 23 heavy (non-hydrogen) atoms. The Morgan fingerprint density at radius 2 is 1.91 bits per heavy atom. The molecule has 3 N–H and O–H groups in total. The van der Waals surface area contributed by atoms with Crippen LogP contribution in [0.3, 0.4) is 0 Å². The van der Waals surface area contributed by atoms with E-state index in [-0.39, 0.29) is 30.6 Å². The highest BCUT2D eigenvalue weighted by molar-refractivity contribution is 5.83. The molecule has 1 aromatic rings. The van der Waals surface area contributed by atoms with Crippen LogP contribution in [-0.4, -0.2) is 49.0 Å². The number of ether oxygens (including phenoxy) is 2. The molecule has 0 aliphatic rings. The molecule has 0 heterocycles. The number of hydrogen-bond acceptors (Lipinski definition) is 6. The maximum Gasteiger partial charge on any atom is 0.302 e. The first-order valence-corrected chi connectivity index (χ1v) is 7.20. The van der Waals surface area contributed by atoms with Gasteiger partial charge in [0.05, 0.1) is 6.61 Å². The predicted molar refractivity (Wildman–Crippen MR) is 83.1 cm³/mol. The lowest BCUT2D eigenvalue weighted by Crippen LogP contribution is -2.46. The number of phenolic OH excluding ortho intramolecular Hbond substituents is 2. The molecular formula is C16H23NO6. The first kappa shape index (κ1) is 18.8. The average molecular weight is 325 g/mol. The van der Waals surface area contributed by atoms with Gasteiger partial charge >= 0.3 is 5.97 Å². The Morgan fingerprint density at radius 3 is 2.48 bits per heavy atom. The van der Waals surface area contributed by atoms with Crippen molar-refractivity contribution in [1.82, 2.24) is 5.32 Å². The third kappa shape index (κ3) is 5.78. The zero-order chi connectivity index (χ0) is 17.5. The topological polar surface area (TPSA) is 105 Å². The van der Waals surface area contributed by atoms with Crippen molar-refractivity contribution in [2.75, 3.05) is 26.9 Å². The van der Waals surface area contributed by atoms with E-state index in [1.54, 1.807) is 13.0 Å². The minimum Gasteiger partial charge on any atom is -0.504 e. The first-order chi connectivity index (χ1) is 10.8. The highest BCUT2D eigenvalue weighted by Gasteiger charge is 2.34. The third-order valence-electron chi connectivity index (χ3n) is 3.34. The Balaban J connectivity index is 2.57. The van der Waals surface area contributed by atoms with Crippen molar-refractivity contribution >= 4 is 11.9 Å². The minimum atomic E-state index is -0.975. The predicted octanol–water partition coefficient (Wildman–Crippen LogP) is 0.972. The van der Waals surface area contributed by atoms with E-state index < -0.39 is 11.4 Å². The number of carbonyl (C=O) groups is 2. The number of nitrogens with one attached hydrogen (secondary N) is 1. The number of esters is 1. The van der Waals surface area contributed by atoms with E-state index in [9.17, 15) is 19.8 Å². The van der Waals surface area contributed by atoms with Gasteiger partial charge in [0.2, 0.25) is 5.91 Å². The number of rotatable bonds is 8. The van der Waals surface area contributed by atoms with Gasteiger partial charge in [0.25, 0.3) is 0 Å². The zero-order valence-electron chi connectivity index (χ0n) is 13.6. The summed E-state index contributed by atoms with van der Waals surface area (Å²) in [6, 6.07) is 4.49. The van der Waals surface area contributed by atoms with E-state index in [2.05, 4.69) is 5.32 Å². The van der Waals surface area contributed by atoms with Gasteiger partial charge in [0.1, 0.15) is 12.0 Å². The van der Waals surface area contributed by atoms with Gasteiger partial charge in [-0.15, -0.1) is 0 Å². The molecular weight excluding hydrogens is 302 g/mol. The van der Waals surface area contributed by atoms with Crippen LogP contribution < -0.4 is 5.32 Å². The molecule has 1 unspecified atom stereocenters. The van der Waals surface area contributed by atoms with Crippen molar-refractivity contribution in [2.24, 2.45) is 5.41 Å². The Bertz CT molecular complexity index is 560. The standard InChI is InChI=1S/C16H23NO6/c1-11(18)23-10-16(2,9-22-3)15(21)17-7-6-12-4-5-13(19)14(20)8-12/h4-5,8,19-20H,6-7,9-10H2,1-3H3,(H,17,21). The van der Waals surface area contributed by atoms with Gasteiger partial charge in [0.15, 0.2) is 11.5 Å². The maximum atomic E-state index is 12.3. The summed E-state index contributed by atoms with van der Waals surface area (Å²) in [6.45, 7) is 3.32. The summed E-state index contributed by atoms with van der Waals surface area (Å²) in [4.78, 5) is 23.2. The van der Waals surface area contributed by atoms with Crippen LogP contribution in [0.2, 0.25) is 0 Å². The quantitative estimate of drug-likeness (QED) is 0.486. The fraction of sp³-hybridized carbons (Fsp3) is 0.500. The lowest BCUT2D eigenvalue weighted by atomic mass is 9.91. The number of aromatic hydroxyl groups is 2. The van der Waals surface area contributed by atoms with E-state index in [1.807, 2.05) is 0 Å². The van der Waals surface area contributed by atoms with Gasteiger partial charge in [-0.3, -0.25) is 9.59 Å². The molecule has 0 saturated carbocycles. The highest BCUT2D eigenvalue weighted by atomic mass is 16.5. The van der Waals surface area contributed by atoms with Gasteiger partial charge in [0, 0.05) is 20.6 Å². The molecule has 7 nitrogen and oxygen atoms in total. The normalized spacial score (nSPS) is 13.2. The van der Waals surface area contributed by atoms with Crippen molar-refractivity contribution in [2.45, 2.75) is 20.3 Å². The monoisotopic (exact) mass is 325 g/mol. The van der Waals surface area contributed by atoms with Crippen LogP contribution in [0, 0.1) is 5.41 Å². The van der Waals surface area contributed by atoms with E-state index in [0.717, 1.165) is 5.56 Å². The van der Waals surface area contributed by atoms with E-state index in [4.69, 9.17) is 9.47 Å². The molecule has 0 aliphatic heterocycles. The lowest BCUT2D eigenvalue weighted by Gasteiger charge is -2.26. The molecule has 1 aromatic carbocycles. The van der Waals surface area contributed by atoms with Gasteiger partial charge in [-0.2, -0.15) is 0 Å². The second kappa shape index (κ2) is 8.38. The van der Waals surface area contributed by atoms with Gasteiger partial charge < -0.3 is 25.0 Å². The van der Waals surface area contributed by atoms with Gasteiger partial charge in [-0.1, -0.05) is 6.07 Å². The molecule has 0 aliphatic carbocycles. The smallest absolute Gasteiger partial charge is 0.302 e. The van der Waals surface area contributed by atoms with Gasteiger partial charge in [-0.25, -0.2) is 0 Å². The number of phenols is 2. The van der Waals surface area contributed by atoms with Crippen LogP contribution in [0.5, 0.6) is 11.5 Å². The molecule has 1 rings (SSSR count). The van der Waals surface area contributed by atoms with Crippen molar-refractivity contribution in [3.05, 3.63) is 23.8 Å². The Labute approximate surface area is 135 Å². The summed E-state index contributed by atoms with van der Waals surface area (Å²) in [7, 11) is 1.47. The van der Waals surface area contributed by atoms with Crippen LogP contribution in [-0.2, 0) is 25.5 Å². The summed E-state index contributed by atoms with van der Waals surface area (Å²) < 4.78 is 9.97. The Hall–Kier alpha value is -2.28. The molecule has 1 atom stereocenters. The summed E-state index contributed by atoms with van der Waals surface area (Å²) in [5.74, 6) is -1.14. The molecule has 1 amide bonds. The fourth-order valence-corrected chi connectivity index (χ4v) is 2.01. The molecule has 128 valence electrons. The van der Waals surface area contributed by atoms with E-state index in [0.29, 0.717) is 13.0 Å². The molecule has 7 heteroatoms.